The Morgan fingerprint density at radius 2 is 1.67 bits per heavy atom. The summed E-state index contributed by atoms with van der Waals surface area (Å²) in [4.78, 5) is 0. The molecule has 0 saturated carbocycles. The van der Waals surface area contributed by atoms with Crippen molar-refractivity contribution in [2.24, 2.45) is 4.36 Å². The summed E-state index contributed by atoms with van der Waals surface area (Å²) in [5.74, 6) is 0. The van der Waals surface area contributed by atoms with Crippen molar-refractivity contribution >= 4 is 22.9 Å². The van der Waals surface area contributed by atoms with E-state index in [1.165, 1.54) is 7.05 Å². The lowest BCUT2D eigenvalue weighted by molar-refractivity contribution is 0.622. The number of rotatable bonds is 0. The third kappa shape index (κ3) is 9.08. The van der Waals surface area contributed by atoms with E-state index in [0.29, 0.717) is 0 Å². The van der Waals surface area contributed by atoms with Crippen molar-refractivity contribution in [3.05, 3.63) is 0 Å². The van der Waals surface area contributed by atoms with Crippen molar-refractivity contribution in [2.45, 2.75) is 0 Å². The van der Waals surface area contributed by atoms with Gasteiger partial charge in [0.05, 0.1) is 0 Å². The van der Waals surface area contributed by atoms with Crippen LogP contribution >= 0.6 is 12.4 Å². The lowest BCUT2D eigenvalue weighted by Gasteiger charge is -1.41. The molecule has 0 atom stereocenters. The fraction of sp³-hybridized carbons (Fsp3) is 1.00. The first kappa shape index (κ1) is 9.32. The van der Waals surface area contributed by atoms with Gasteiger partial charge in [-0.05, 0) is 0 Å². The summed E-state index contributed by atoms with van der Waals surface area (Å²) in [5, 5.41) is 0. The third-order valence-electron chi connectivity index (χ3n) is 0.149. The average Bonchev–Trinajstić information content (AvgIpc) is 1.38. The van der Waals surface area contributed by atoms with E-state index >= 15 is 0 Å². The monoisotopic (exact) mass is 129 g/mol. The van der Waals surface area contributed by atoms with Gasteiger partial charge in [-0.2, -0.15) is 12.8 Å². The summed E-state index contributed by atoms with van der Waals surface area (Å²) in [6.07, 6.45) is 0. The van der Waals surface area contributed by atoms with E-state index in [1.807, 2.05) is 0 Å². The van der Waals surface area contributed by atoms with Gasteiger partial charge in [-0.25, -0.2) is 0 Å². The molecule has 0 N–H and O–H groups in total. The maximum Gasteiger partial charge on any atom is 0.310 e. The van der Waals surface area contributed by atoms with Gasteiger partial charge in [0.15, 0.2) is 0 Å². The van der Waals surface area contributed by atoms with Crippen molar-refractivity contribution in [3.63, 3.8) is 0 Å². The van der Waals surface area contributed by atoms with Gasteiger partial charge in [-0.15, -0.1) is 12.4 Å². The molecule has 0 aromatic rings. The van der Waals surface area contributed by atoms with E-state index < -0.39 is 10.5 Å². The van der Waals surface area contributed by atoms with Crippen LogP contribution in [0.15, 0.2) is 4.36 Å². The molecule has 0 aliphatic heterocycles. The maximum atomic E-state index is 9.20. The number of nitrogens with zero attached hydrogens (tertiary/aromatic N) is 1. The average molecular weight is 130 g/mol. The predicted molar refractivity (Wildman–Crippen MR) is 24.5 cm³/mol. The Kier molecular flexibility index (Phi) is 7.63. The zero-order valence-corrected chi connectivity index (χ0v) is 4.71. The van der Waals surface area contributed by atoms with Crippen LogP contribution in [0.4, 0.5) is 0 Å². The minimum atomic E-state index is -2.20. The molecule has 0 radical (unpaired) electrons. The van der Waals surface area contributed by atoms with Crippen molar-refractivity contribution in [2.75, 3.05) is 7.05 Å². The Morgan fingerprint density at radius 1 is 1.50 bits per heavy atom. The van der Waals surface area contributed by atoms with Crippen LogP contribution in [0.1, 0.15) is 0 Å². The molecule has 6 heavy (non-hydrogen) atoms. The van der Waals surface area contributed by atoms with Crippen LogP contribution in [-0.4, -0.2) is 15.5 Å². The molecule has 0 aromatic heterocycles. The van der Waals surface area contributed by atoms with Crippen molar-refractivity contribution in [1.82, 2.24) is 0 Å². The van der Waals surface area contributed by atoms with Crippen LogP contribution in [0.2, 0.25) is 0 Å². The summed E-state index contributed by atoms with van der Waals surface area (Å²) in [7, 11) is -0.986. The summed E-state index contributed by atoms with van der Waals surface area (Å²) >= 11 is 0. The zero-order valence-electron chi connectivity index (χ0n) is 3.08. The van der Waals surface area contributed by atoms with Crippen LogP contribution in [0.3, 0.4) is 0 Å². The van der Waals surface area contributed by atoms with Gasteiger partial charge in [0.2, 0.25) is 0 Å². The molecular weight excluding hydrogens is 126 g/mol. The SMILES string of the molecule is CN=S(=O)=O.Cl. The molecule has 0 aromatic carbocycles. The maximum absolute atomic E-state index is 9.20. The number of hydrogen-bond acceptors (Lipinski definition) is 3. The van der Waals surface area contributed by atoms with E-state index in [4.69, 9.17) is 0 Å². The van der Waals surface area contributed by atoms with E-state index in [9.17, 15) is 8.42 Å². The summed E-state index contributed by atoms with van der Waals surface area (Å²) in [5.41, 5.74) is 0. The summed E-state index contributed by atoms with van der Waals surface area (Å²) in [6, 6.07) is 0. The highest BCUT2D eigenvalue weighted by atomic mass is 35.5. The highest BCUT2D eigenvalue weighted by molar-refractivity contribution is 7.61. The van der Waals surface area contributed by atoms with Crippen LogP contribution < -0.4 is 0 Å². The van der Waals surface area contributed by atoms with Gasteiger partial charge >= 0.3 is 10.5 Å². The molecule has 0 heterocycles. The van der Waals surface area contributed by atoms with Gasteiger partial charge < -0.3 is 0 Å². The number of hydrogen-bond donors (Lipinski definition) is 0. The topological polar surface area (TPSA) is 46.5 Å². The third-order valence-corrected chi connectivity index (χ3v) is 0.447. The Labute approximate surface area is 43.5 Å². The molecule has 0 fully saturated rings. The van der Waals surface area contributed by atoms with Crippen molar-refractivity contribution in [1.29, 1.82) is 0 Å². The lowest BCUT2D eigenvalue weighted by atomic mass is 11.6. The van der Waals surface area contributed by atoms with Gasteiger partial charge in [-0.1, -0.05) is 0 Å². The van der Waals surface area contributed by atoms with E-state index in [2.05, 4.69) is 4.36 Å². The Balaban J connectivity index is 0. The zero-order chi connectivity index (χ0) is 4.28. The van der Waals surface area contributed by atoms with Crippen LogP contribution in [-0.2, 0) is 10.5 Å². The molecule has 38 valence electrons. The summed E-state index contributed by atoms with van der Waals surface area (Å²) < 4.78 is 21.2. The fourth-order valence-electron chi connectivity index (χ4n) is 0. The molecule has 0 aliphatic rings. The molecule has 0 aliphatic carbocycles. The van der Waals surface area contributed by atoms with Gasteiger partial charge in [-0.3, -0.25) is 0 Å². The van der Waals surface area contributed by atoms with E-state index in [1.54, 1.807) is 0 Å². The molecular formula is CH4ClNO2S. The van der Waals surface area contributed by atoms with E-state index in [0.717, 1.165) is 0 Å². The van der Waals surface area contributed by atoms with Crippen molar-refractivity contribution < 1.29 is 8.42 Å². The largest absolute Gasteiger partial charge is 0.310 e. The highest BCUT2D eigenvalue weighted by Gasteiger charge is 1.46. The smallest absolute Gasteiger partial charge is 0.175 e. The molecule has 0 bridgehead atoms. The van der Waals surface area contributed by atoms with Crippen LogP contribution in [0, 0.1) is 0 Å². The normalized spacial score (nSPS) is 5.50. The van der Waals surface area contributed by atoms with Gasteiger partial charge in [0.1, 0.15) is 0 Å². The van der Waals surface area contributed by atoms with E-state index in [-0.39, 0.29) is 12.4 Å². The summed E-state index contributed by atoms with van der Waals surface area (Å²) in [6.45, 7) is 0. The predicted octanol–water partition coefficient (Wildman–Crippen LogP) is 0.101. The molecule has 0 rings (SSSR count). The Morgan fingerprint density at radius 3 is 1.67 bits per heavy atom. The van der Waals surface area contributed by atoms with Gasteiger partial charge in [0, 0.05) is 7.05 Å². The lowest BCUT2D eigenvalue weighted by Crippen LogP contribution is -1.47. The molecule has 0 unspecified atom stereocenters. The first-order valence-electron chi connectivity index (χ1n) is 0.963. The second-order valence-electron chi connectivity index (χ2n) is 0.400. The number of halogens is 1. The molecule has 0 spiro atoms. The minimum Gasteiger partial charge on any atom is -0.175 e. The fourth-order valence-corrected chi connectivity index (χ4v) is 0. The second kappa shape index (κ2) is 4.91. The highest BCUT2D eigenvalue weighted by Crippen LogP contribution is 1.41. The standard InChI is InChI=1S/CH3NO2S.ClH/c1-2-5(3)4;/h1H3;1H. The first-order chi connectivity index (χ1) is 2.27. The molecule has 5 heteroatoms. The molecule has 3 nitrogen and oxygen atoms in total. The second-order valence-corrected chi connectivity index (χ2v) is 1.20. The van der Waals surface area contributed by atoms with Crippen LogP contribution in [0.5, 0.6) is 0 Å². The van der Waals surface area contributed by atoms with Crippen molar-refractivity contribution in [3.8, 4) is 0 Å². The minimum absolute atomic E-state index is 0. The van der Waals surface area contributed by atoms with Gasteiger partial charge in [0.25, 0.3) is 0 Å². The molecule has 0 saturated heterocycles. The quantitative estimate of drug-likeness (QED) is 0.466. The Hall–Kier alpha value is -0.0900. The molecule has 0 amide bonds. The first-order valence-corrected chi connectivity index (χ1v) is 1.99. The Bertz CT molecular complexity index is 116. The van der Waals surface area contributed by atoms with Crippen LogP contribution in [0.25, 0.3) is 0 Å².